The van der Waals surface area contributed by atoms with E-state index in [2.05, 4.69) is 4.74 Å². The Hall–Kier alpha value is -0.490. The van der Waals surface area contributed by atoms with E-state index in [1.165, 1.54) is 7.11 Å². The van der Waals surface area contributed by atoms with Crippen molar-refractivity contribution in [2.45, 2.75) is 6.92 Å². The number of carbonyl (C=O) groups is 1. The van der Waals surface area contributed by atoms with Crippen LogP contribution in [0.25, 0.3) is 0 Å². The average Bonchev–Trinajstić information content (AvgIpc) is 2.15. The second-order valence-corrected chi connectivity index (χ2v) is 4.29. The fourth-order valence-electron chi connectivity index (χ4n) is 1.08. The number of esters is 1. The number of ether oxygens (including phenoxy) is 1. The number of hydrogen-bond acceptors (Lipinski definition) is 3. The zero-order valence-electron chi connectivity index (χ0n) is 7.73. The van der Waals surface area contributed by atoms with Crippen LogP contribution in [0.2, 0.25) is 5.02 Å². The number of methoxy groups -OCH3 is 1. The monoisotopic (exact) mass is 325 g/mol. The van der Waals surface area contributed by atoms with E-state index in [0.717, 1.165) is 3.57 Å². The first-order valence-electron chi connectivity index (χ1n) is 3.81. The largest absolute Gasteiger partial charge is 0.465 e. The lowest BCUT2D eigenvalue weighted by Crippen LogP contribution is -2.08. The highest BCUT2D eigenvalue weighted by Crippen LogP contribution is 2.30. The average molecular weight is 326 g/mol. The first kappa shape index (κ1) is 11.6. The highest BCUT2D eigenvalue weighted by molar-refractivity contribution is 14.1. The summed E-state index contributed by atoms with van der Waals surface area (Å²) in [5, 5.41) is 0.393. The van der Waals surface area contributed by atoms with Crippen LogP contribution in [0, 0.1) is 10.5 Å². The maximum atomic E-state index is 11.4. The summed E-state index contributed by atoms with van der Waals surface area (Å²) in [5.74, 6) is -0.460. The third kappa shape index (κ3) is 1.95. The van der Waals surface area contributed by atoms with Gasteiger partial charge in [0.25, 0.3) is 0 Å². The number of nitrogen functional groups attached to an aromatic ring is 1. The molecule has 14 heavy (non-hydrogen) atoms. The van der Waals surface area contributed by atoms with Crippen LogP contribution in [0.5, 0.6) is 0 Å². The smallest absolute Gasteiger partial charge is 0.339 e. The van der Waals surface area contributed by atoms with Crippen molar-refractivity contribution in [1.82, 2.24) is 0 Å². The van der Waals surface area contributed by atoms with Gasteiger partial charge in [-0.05, 0) is 41.1 Å². The third-order valence-electron chi connectivity index (χ3n) is 1.91. The van der Waals surface area contributed by atoms with Crippen molar-refractivity contribution in [2.24, 2.45) is 0 Å². The summed E-state index contributed by atoms with van der Waals surface area (Å²) >= 11 is 8.00. The van der Waals surface area contributed by atoms with Gasteiger partial charge in [-0.2, -0.15) is 0 Å². The molecule has 3 nitrogen and oxygen atoms in total. The summed E-state index contributed by atoms with van der Waals surface area (Å²) in [5.41, 5.74) is 7.25. The molecule has 0 aliphatic rings. The molecule has 0 fully saturated rings. The molecule has 1 aromatic rings. The first-order chi connectivity index (χ1) is 6.49. The van der Waals surface area contributed by atoms with Gasteiger partial charge in [0, 0.05) is 9.26 Å². The topological polar surface area (TPSA) is 52.3 Å². The van der Waals surface area contributed by atoms with Crippen LogP contribution in [0.1, 0.15) is 15.9 Å². The molecular formula is C9H9ClINO2. The predicted octanol–water partition coefficient (Wildman–Crippen LogP) is 2.62. The Balaban J connectivity index is 3.47. The van der Waals surface area contributed by atoms with Gasteiger partial charge in [0.1, 0.15) is 0 Å². The van der Waals surface area contributed by atoms with Gasteiger partial charge in [0.15, 0.2) is 0 Å². The quantitative estimate of drug-likeness (QED) is 0.490. The van der Waals surface area contributed by atoms with Gasteiger partial charge in [-0.25, -0.2) is 4.79 Å². The number of nitrogens with two attached hydrogens (primary N) is 1. The van der Waals surface area contributed by atoms with E-state index >= 15 is 0 Å². The van der Waals surface area contributed by atoms with Gasteiger partial charge in [0.2, 0.25) is 0 Å². The van der Waals surface area contributed by atoms with Crippen molar-refractivity contribution in [3.63, 3.8) is 0 Å². The molecule has 0 aliphatic carbocycles. The fraction of sp³-hybridized carbons (Fsp3) is 0.222. The van der Waals surface area contributed by atoms with E-state index in [0.29, 0.717) is 21.8 Å². The van der Waals surface area contributed by atoms with Crippen LogP contribution in [0.15, 0.2) is 6.07 Å². The molecule has 76 valence electrons. The number of rotatable bonds is 1. The SMILES string of the molecule is COC(=O)c1c(C)c(N)cc(I)c1Cl. The van der Waals surface area contributed by atoms with Gasteiger partial charge < -0.3 is 10.5 Å². The zero-order valence-corrected chi connectivity index (χ0v) is 10.6. The molecule has 1 rings (SSSR count). The molecule has 0 heterocycles. The zero-order chi connectivity index (χ0) is 10.9. The minimum absolute atomic E-state index is 0.346. The normalized spacial score (nSPS) is 10.0. The number of anilines is 1. The van der Waals surface area contributed by atoms with Crippen LogP contribution in [-0.2, 0) is 4.74 Å². The second-order valence-electron chi connectivity index (χ2n) is 2.75. The van der Waals surface area contributed by atoms with Crippen molar-refractivity contribution in [2.75, 3.05) is 12.8 Å². The molecule has 0 aromatic heterocycles. The van der Waals surface area contributed by atoms with Crippen molar-refractivity contribution >= 4 is 45.8 Å². The van der Waals surface area contributed by atoms with Crippen LogP contribution < -0.4 is 5.73 Å². The molecule has 0 spiro atoms. The number of benzene rings is 1. The minimum atomic E-state index is -0.460. The van der Waals surface area contributed by atoms with Gasteiger partial charge in [-0.15, -0.1) is 0 Å². The third-order valence-corrected chi connectivity index (χ3v) is 3.47. The molecule has 5 heteroatoms. The Morgan fingerprint density at radius 3 is 2.71 bits per heavy atom. The molecule has 0 radical (unpaired) electrons. The lowest BCUT2D eigenvalue weighted by Gasteiger charge is -2.10. The fourth-order valence-corrected chi connectivity index (χ4v) is 1.96. The van der Waals surface area contributed by atoms with Gasteiger partial charge in [-0.1, -0.05) is 11.6 Å². The Bertz CT molecular complexity index is 367. The summed E-state index contributed by atoms with van der Waals surface area (Å²) in [6, 6.07) is 1.73. The van der Waals surface area contributed by atoms with Gasteiger partial charge in [-0.3, -0.25) is 0 Å². The van der Waals surface area contributed by atoms with Crippen molar-refractivity contribution in [3.8, 4) is 0 Å². The molecule has 0 bridgehead atoms. The maximum Gasteiger partial charge on any atom is 0.339 e. The van der Waals surface area contributed by atoms with Crippen LogP contribution in [0.3, 0.4) is 0 Å². The standard InChI is InChI=1S/C9H9ClINO2/c1-4-6(12)3-5(11)8(10)7(4)9(13)14-2/h3H,12H2,1-2H3. The van der Waals surface area contributed by atoms with Crippen molar-refractivity contribution in [3.05, 3.63) is 25.8 Å². The lowest BCUT2D eigenvalue weighted by molar-refractivity contribution is 0.0600. The van der Waals surface area contributed by atoms with Crippen LogP contribution >= 0.6 is 34.2 Å². The molecule has 0 saturated heterocycles. The summed E-state index contributed by atoms with van der Waals surface area (Å²) in [6.45, 7) is 1.74. The maximum absolute atomic E-state index is 11.4. The molecule has 0 amide bonds. The highest BCUT2D eigenvalue weighted by Gasteiger charge is 2.18. The Morgan fingerprint density at radius 2 is 2.21 bits per heavy atom. The van der Waals surface area contributed by atoms with Gasteiger partial charge in [0.05, 0.1) is 17.7 Å². The van der Waals surface area contributed by atoms with E-state index in [1.54, 1.807) is 13.0 Å². The Labute approximate surface area is 101 Å². The molecule has 1 aromatic carbocycles. The summed E-state index contributed by atoms with van der Waals surface area (Å²) in [7, 11) is 1.31. The number of carbonyl (C=O) groups excluding carboxylic acids is 1. The van der Waals surface area contributed by atoms with Crippen LogP contribution in [0.4, 0.5) is 5.69 Å². The molecule has 0 atom stereocenters. The predicted molar refractivity (Wildman–Crippen MR) is 64.7 cm³/mol. The second kappa shape index (κ2) is 4.35. The molecular weight excluding hydrogens is 316 g/mol. The molecule has 0 unspecified atom stereocenters. The van der Waals surface area contributed by atoms with Crippen LogP contribution in [-0.4, -0.2) is 13.1 Å². The summed E-state index contributed by atoms with van der Waals surface area (Å²) in [4.78, 5) is 11.4. The van der Waals surface area contributed by atoms with E-state index < -0.39 is 5.97 Å². The summed E-state index contributed by atoms with van der Waals surface area (Å²) in [6.07, 6.45) is 0. The minimum Gasteiger partial charge on any atom is -0.465 e. The van der Waals surface area contributed by atoms with Crippen molar-refractivity contribution in [1.29, 1.82) is 0 Å². The Kier molecular flexibility index (Phi) is 3.60. The van der Waals surface area contributed by atoms with E-state index in [9.17, 15) is 4.79 Å². The Morgan fingerprint density at radius 1 is 1.64 bits per heavy atom. The number of halogens is 2. The molecule has 0 aliphatic heterocycles. The molecule has 0 saturated carbocycles. The lowest BCUT2D eigenvalue weighted by atomic mass is 10.1. The first-order valence-corrected chi connectivity index (χ1v) is 5.27. The van der Waals surface area contributed by atoms with Crippen molar-refractivity contribution < 1.29 is 9.53 Å². The summed E-state index contributed by atoms with van der Waals surface area (Å²) < 4.78 is 5.37. The van der Waals surface area contributed by atoms with E-state index in [-0.39, 0.29) is 0 Å². The van der Waals surface area contributed by atoms with Gasteiger partial charge >= 0.3 is 5.97 Å². The van der Waals surface area contributed by atoms with E-state index in [1.807, 2.05) is 22.6 Å². The number of hydrogen-bond donors (Lipinski definition) is 1. The van der Waals surface area contributed by atoms with E-state index in [4.69, 9.17) is 17.3 Å². The highest BCUT2D eigenvalue weighted by atomic mass is 127. The molecule has 2 N–H and O–H groups in total.